The SMILES string of the molecule is CNC1CCc2c(OCc3ccccc3Br)cccc21. The van der Waals surface area contributed by atoms with E-state index in [1.54, 1.807) is 0 Å². The number of rotatable bonds is 4. The van der Waals surface area contributed by atoms with E-state index in [9.17, 15) is 0 Å². The van der Waals surface area contributed by atoms with Crippen molar-refractivity contribution in [3.63, 3.8) is 0 Å². The molecule has 1 unspecified atom stereocenters. The molecule has 104 valence electrons. The van der Waals surface area contributed by atoms with Gasteiger partial charge in [0.1, 0.15) is 12.4 Å². The normalized spacial score (nSPS) is 17.0. The molecule has 0 saturated carbocycles. The van der Waals surface area contributed by atoms with Crippen LogP contribution in [0.3, 0.4) is 0 Å². The Labute approximate surface area is 128 Å². The molecule has 0 radical (unpaired) electrons. The molecule has 0 spiro atoms. The van der Waals surface area contributed by atoms with Crippen LogP contribution in [0.25, 0.3) is 0 Å². The fourth-order valence-corrected chi connectivity index (χ4v) is 3.23. The number of ether oxygens (including phenoxy) is 1. The van der Waals surface area contributed by atoms with Crippen LogP contribution in [0.4, 0.5) is 0 Å². The van der Waals surface area contributed by atoms with E-state index in [0.717, 1.165) is 23.1 Å². The van der Waals surface area contributed by atoms with Crippen LogP contribution in [0.2, 0.25) is 0 Å². The molecule has 0 aromatic heterocycles. The summed E-state index contributed by atoms with van der Waals surface area (Å²) in [6, 6.07) is 15.0. The molecule has 0 fully saturated rings. The van der Waals surface area contributed by atoms with Gasteiger partial charge in [0.05, 0.1) is 0 Å². The summed E-state index contributed by atoms with van der Waals surface area (Å²) < 4.78 is 7.15. The highest BCUT2D eigenvalue weighted by molar-refractivity contribution is 9.10. The predicted molar refractivity (Wildman–Crippen MR) is 85.0 cm³/mol. The first-order valence-corrected chi connectivity index (χ1v) is 7.74. The monoisotopic (exact) mass is 331 g/mol. The van der Waals surface area contributed by atoms with E-state index in [1.807, 2.05) is 25.2 Å². The Hall–Kier alpha value is -1.32. The molecule has 2 aromatic rings. The number of hydrogen-bond acceptors (Lipinski definition) is 2. The van der Waals surface area contributed by atoms with Crippen LogP contribution in [0.5, 0.6) is 5.75 Å². The molecular formula is C17H18BrNO. The van der Waals surface area contributed by atoms with Gasteiger partial charge in [-0.2, -0.15) is 0 Å². The number of benzene rings is 2. The Balaban J connectivity index is 1.79. The van der Waals surface area contributed by atoms with Crippen molar-refractivity contribution in [2.24, 2.45) is 0 Å². The van der Waals surface area contributed by atoms with Gasteiger partial charge in [-0.1, -0.05) is 46.3 Å². The third-order valence-corrected chi connectivity index (χ3v) is 4.69. The fourth-order valence-electron chi connectivity index (χ4n) is 2.83. The first kappa shape index (κ1) is 13.7. The molecule has 1 aliphatic rings. The molecule has 0 saturated heterocycles. The highest BCUT2D eigenvalue weighted by Gasteiger charge is 2.23. The van der Waals surface area contributed by atoms with Gasteiger partial charge in [-0.05, 0) is 43.1 Å². The van der Waals surface area contributed by atoms with E-state index in [0.29, 0.717) is 12.6 Å². The molecule has 2 aromatic carbocycles. The maximum Gasteiger partial charge on any atom is 0.123 e. The Morgan fingerprint density at radius 3 is 2.85 bits per heavy atom. The van der Waals surface area contributed by atoms with Gasteiger partial charge in [0, 0.05) is 16.1 Å². The van der Waals surface area contributed by atoms with Crippen molar-refractivity contribution in [3.05, 3.63) is 63.6 Å². The maximum absolute atomic E-state index is 6.05. The van der Waals surface area contributed by atoms with Crippen LogP contribution in [0, 0.1) is 0 Å². The van der Waals surface area contributed by atoms with Crippen molar-refractivity contribution in [3.8, 4) is 5.75 Å². The summed E-state index contributed by atoms with van der Waals surface area (Å²) in [4.78, 5) is 0. The second kappa shape index (κ2) is 5.98. The summed E-state index contributed by atoms with van der Waals surface area (Å²) in [5, 5.41) is 3.37. The van der Waals surface area contributed by atoms with E-state index >= 15 is 0 Å². The molecule has 0 aliphatic heterocycles. The predicted octanol–water partition coefficient (Wildman–Crippen LogP) is 4.23. The average Bonchev–Trinajstić information content (AvgIpc) is 2.90. The Morgan fingerprint density at radius 2 is 2.05 bits per heavy atom. The summed E-state index contributed by atoms with van der Waals surface area (Å²) in [5.41, 5.74) is 3.92. The van der Waals surface area contributed by atoms with Gasteiger partial charge in [0.15, 0.2) is 0 Å². The number of hydrogen-bond donors (Lipinski definition) is 1. The van der Waals surface area contributed by atoms with Crippen LogP contribution in [-0.2, 0) is 13.0 Å². The first-order chi connectivity index (χ1) is 9.79. The van der Waals surface area contributed by atoms with E-state index in [4.69, 9.17) is 4.74 Å². The van der Waals surface area contributed by atoms with Crippen molar-refractivity contribution in [1.29, 1.82) is 0 Å². The van der Waals surface area contributed by atoms with Gasteiger partial charge in [-0.25, -0.2) is 0 Å². The highest BCUT2D eigenvalue weighted by atomic mass is 79.9. The van der Waals surface area contributed by atoms with Crippen LogP contribution < -0.4 is 10.1 Å². The third-order valence-electron chi connectivity index (χ3n) is 3.92. The lowest BCUT2D eigenvalue weighted by Crippen LogP contribution is -2.12. The zero-order valence-electron chi connectivity index (χ0n) is 11.5. The minimum absolute atomic E-state index is 0.469. The molecule has 20 heavy (non-hydrogen) atoms. The van der Waals surface area contributed by atoms with Gasteiger partial charge in [0.25, 0.3) is 0 Å². The molecule has 3 heteroatoms. The van der Waals surface area contributed by atoms with E-state index < -0.39 is 0 Å². The molecular weight excluding hydrogens is 314 g/mol. The van der Waals surface area contributed by atoms with E-state index in [2.05, 4.69) is 45.5 Å². The molecule has 0 amide bonds. The molecule has 1 N–H and O–H groups in total. The largest absolute Gasteiger partial charge is 0.489 e. The molecule has 2 nitrogen and oxygen atoms in total. The Bertz CT molecular complexity index is 612. The molecule has 0 heterocycles. The lowest BCUT2D eigenvalue weighted by Gasteiger charge is -2.13. The van der Waals surface area contributed by atoms with Crippen LogP contribution in [0.1, 0.15) is 29.2 Å². The summed E-state index contributed by atoms with van der Waals surface area (Å²) in [6.07, 6.45) is 2.24. The number of fused-ring (bicyclic) bond motifs is 1. The van der Waals surface area contributed by atoms with Crippen molar-refractivity contribution in [2.45, 2.75) is 25.5 Å². The number of halogens is 1. The average molecular weight is 332 g/mol. The Kier molecular flexibility index (Phi) is 4.08. The van der Waals surface area contributed by atoms with E-state index in [-0.39, 0.29) is 0 Å². The van der Waals surface area contributed by atoms with Gasteiger partial charge < -0.3 is 10.1 Å². The van der Waals surface area contributed by atoms with Gasteiger partial charge in [0.2, 0.25) is 0 Å². The Morgan fingerprint density at radius 1 is 1.20 bits per heavy atom. The summed E-state index contributed by atoms with van der Waals surface area (Å²) >= 11 is 3.56. The van der Waals surface area contributed by atoms with Crippen molar-refractivity contribution in [2.75, 3.05) is 7.05 Å². The van der Waals surface area contributed by atoms with Crippen LogP contribution >= 0.6 is 15.9 Å². The minimum Gasteiger partial charge on any atom is -0.489 e. The van der Waals surface area contributed by atoms with Crippen molar-refractivity contribution in [1.82, 2.24) is 5.32 Å². The van der Waals surface area contributed by atoms with Crippen LogP contribution in [-0.4, -0.2) is 7.05 Å². The second-order valence-corrected chi connectivity index (χ2v) is 5.94. The fraction of sp³-hybridized carbons (Fsp3) is 0.294. The maximum atomic E-state index is 6.05. The quantitative estimate of drug-likeness (QED) is 0.904. The minimum atomic E-state index is 0.469. The summed E-state index contributed by atoms with van der Waals surface area (Å²) in [6.45, 7) is 0.599. The molecule has 3 rings (SSSR count). The molecule has 0 bridgehead atoms. The van der Waals surface area contributed by atoms with Gasteiger partial charge in [-0.15, -0.1) is 0 Å². The highest BCUT2D eigenvalue weighted by Crippen LogP contribution is 2.37. The van der Waals surface area contributed by atoms with Gasteiger partial charge in [-0.3, -0.25) is 0 Å². The lowest BCUT2D eigenvalue weighted by atomic mass is 10.1. The second-order valence-electron chi connectivity index (χ2n) is 5.08. The van der Waals surface area contributed by atoms with Gasteiger partial charge >= 0.3 is 0 Å². The summed E-state index contributed by atoms with van der Waals surface area (Å²) in [5.74, 6) is 1.02. The standard InChI is InChI=1S/C17H18BrNO/c1-19-16-10-9-14-13(16)6-4-8-17(14)20-11-12-5-2-3-7-15(12)18/h2-8,16,19H,9-11H2,1H3. The van der Waals surface area contributed by atoms with Crippen molar-refractivity contribution < 1.29 is 4.74 Å². The smallest absolute Gasteiger partial charge is 0.123 e. The topological polar surface area (TPSA) is 21.3 Å². The molecule has 1 aliphatic carbocycles. The number of nitrogens with one attached hydrogen (secondary N) is 1. The lowest BCUT2D eigenvalue weighted by molar-refractivity contribution is 0.302. The van der Waals surface area contributed by atoms with E-state index in [1.165, 1.54) is 16.7 Å². The zero-order valence-corrected chi connectivity index (χ0v) is 13.1. The first-order valence-electron chi connectivity index (χ1n) is 6.95. The molecule has 1 atom stereocenters. The van der Waals surface area contributed by atoms with Crippen molar-refractivity contribution >= 4 is 15.9 Å². The summed E-state index contributed by atoms with van der Waals surface area (Å²) in [7, 11) is 2.02. The zero-order chi connectivity index (χ0) is 13.9. The van der Waals surface area contributed by atoms with Crippen LogP contribution in [0.15, 0.2) is 46.9 Å². The third kappa shape index (κ3) is 2.60.